The van der Waals surface area contributed by atoms with Crippen LogP contribution < -0.4 is 0 Å². The summed E-state index contributed by atoms with van der Waals surface area (Å²) in [5, 5.41) is 0. The second kappa shape index (κ2) is 7.87. The molecule has 3 atom stereocenters. The third kappa shape index (κ3) is 3.49. The minimum absolute atomic E-state index is 0.118. The summed E-state index contributed by atoms with van der Waals surface area (Å²) in [4.78, 5) is 43.8. The van der Waals surface area contributed by atoms with Gasteiger partial charge in [-0.15, -0.1) is 0 Å². The quantitative estimate of drug-likeness (QED) is 0.588. The van der Waals surface area contributed by atoms with E-state index in [1.54, 1.807) is 11.8 Å². The number of carbonyl (C=O) groups excluding carboxylic acids is 3. The summed E-state index contributed by atoms with van der Waals surface area (Å²) >= 11 is 0. The van der Waals surface area contributed by atoms with Crippen LogP contribution in [0, 0.1) is 11.8 Å². The first-order valence-corrected chi connectivity index (χ1v) is 10.1. The molecule has 1 aliphatic carbocycles. The van der Waals surface area contributed by atoms with Gasteiger partial charge in [0.15, 0.2) is 0 Å². The highest BCUT2D eigenvalue weighted by molar-refractivity contribution is 6.08. The van der Waals surface area contributed by atoms with Crippen LogP contribution in [0.25, 0.3) is 0 Å². The first kappa shape index (κ1) is 18.9. The van der Waals surface area contributed by atoms with E-state index in [1.165, 1.54) is 10.5 Å². The van der Waals surface area contributed by atoms with E-state index in [0.29, 0.717) is 25.9 Å². The fourth-order valence-corrected chi connectivity index (χ4v) is 4.55. The molecule has 28 heavy (non-hydrogen) atoms. The Balaban J connectivity index is 1.35. The second-order valence-electron chi connectivity index (χ2n) is 7.97. The Kier molecular flexibility index (Phi) is 5.31. The third-order valence-corrected chi connectivity index (χ3v) is 6.22. The molecule has 4 rings (SSSR count). The molecule has 0 saturated carbocycles. The summed E-state index contributed by atoms with van der Waals surface area (Å²) in [5.41, 5.74) is 1.26. The molecule has 2 aliphatic heterocycles. The van der Waals surface area contributed by atoms with Crippen molar-refractivity contribution in [1.82, 2.24) is 14.7 Å². The van der Waals surface area contributed by atoms with Gasteiger partial charge >= 0.3 is 0 Å². The van der Waals surface area contributed by atoms with E-state index < -0.39 is 6.04 Å². The Bertz CT molecular complexity index is 757. The summed E-state index contributed by atoms with van der Waals surface area (Å²) in [7, 11) is 0. The molecule has 0 radical (unpaired) electrons. The summed E-state index contributed by atoms with van der Waals surface area (Å²) in [6, 6.07) is 9.58. The molecule has 0 spiro atoms. The number of nitrogens with zero attached hydrogens (tertiary/aromatic N) is 3. The van der Waals surface area contributed by atoms with Crippen LogP contribution in [0.2, 0.25) is 0 Å². The number of hydrogen-bond donors (Lipinski definition) is 0. The summed E-state index contributed by atoms with van der Waals surface area (Å²) < 4.78 is 0. The van der Waals surface area contributed by atoms with Crippen molar-refractivity contribution >= 4 is 17.7 Å². The number of benzene rings is 1. The van der Waals surface area contributed by atoms with Crippen LogP contribution in [0.15, 0.2) is 42.5 Å². The predicted molar refractivity (Wildman–Crippen MR) is 105 cm³/mol. The van der Waals surface area contributed by atoms with Crippen molar-refractivity contribution < 1.29 is 14.4 Å². The highest BCUT2D eigenvalue weighted by Gasteiger charge is 2.50. The molecule has 0 N–H and O–H groups in total. The number of carbonyl (C=O) groups is 3. The number of allylic oxidation sites excluding steroid dienone is 2. The first-order chi connectivity index (χ1) is 13.6. The van der Waals surface area contributed by atoms with E-state index in [9.17, 15) is 14.4 Å². The van der Waals surface area contributed by atoms with Gasteiger partial charge in [0.1, 0.15) is 6.04 Å². The molecule has 6 nitrogen and oxygen atoms in total. The fraction of sp³-hybridized carbons (Fsp3) is 0.500. The van der Waals surface area contributed by atoms with Crippen molar-refractivity contribution in [1.29, 1.82) is 0 Å². The van der Waals surface area contributed by atoms with Crippen molar-refractivity contribution in [2.45, 2.75) is 32.4 Å². The van der Waals surface area contributed by atoms with E-state index in [1.807, 2.05) is 30.4 Å². The predicted octanol–water partition coefficient (Wildman–Crippen LogP) is 1.67. The Morgan fingerprint density at radius 2 is 1.54 bits per heavy atom. The van der Waals surface area contributed by atoms with Crippen molar-refractivity contribution in [3.05, 3.63) is 48.0 Å². The molecular formula is C22H27N3O3. The number of hydrogen-bond acceptors (Lipinski definition) is 4. The lowest BCUT2D eigenvalue weighted by Gasteiger charge is -2.37. The Labute approximate surface area is 165 Å². The van der Waals surface area contributed by atoms with Gasteiger partial charge in [0.2, 0.25) is 17.7 Å². The molecular weight excluding hydrogens is 354 g/mol. The van der Waals surface area contributed by atoms with Crippen LogP contribution in [0.5, 0.6) is 0 Å². The molecule has 3 aliphatic rings. The largest absolute Gasteiger partial charge is 0.338 e. The number of piperazine rings is 1. The summed E-state index contributed by atoms with van der Waals surface area (Å²) in [6.45, 7) is 5.41. The molecule has 0 bridgehead atoms. The van der Waals surface area contributed by atoms with Gasteiger partial charge in [-0.3, -0.25) is 24.2 Å². The number of imide groups is 1. The van der Waals surface area contributed by atoms with Gasteiger partial charge < -0.3 is 4.90 Å². The van der Waals surface area contributed by atoms with Gasteiger partial charge in [0.05, 0.1) is 11.8 Å². The second-order valence-corrected chi connectivity index (χ2v) is 7.97. The SMILES string of the molecule is C[C@@H](C(=O)N1CCN(Cc2ccccc2)CC1)N1C(=O)[C@H]2CC=CC[C@@H]2C1=O. The zero-order valence-electron chi connectivity index (χ0n) is 16.3. The maximum absolute atomic E-state index is 13.0. The molecule has 2 heterocycles. The molecule has 6 heteroatoms. The van der Waals surface area contributed by atoms with Crippen molar-refractivity contribution in [3.8, 4) is 0 Å². The molecule has 1 aromatic rings. The summed E-state index contributed by atoms with van der Waals surface area (Å²) in [5.74, 6) is -1.04. The van der Waals surface area contributed by atoms with Crippen molar-refractivity contribution in [3.63, 3.8) is 0 Å². The molecule has 2 fully saturated rings. The van der Waals surface area contributed by atoms with Gasteiger partial charge in [-0.25, -0.2) is 0 Å². The van der Waals surface area contributed by atoms with Crippen LogP contribution in [0.1, 0.15) is 25.3 Å². The first-order valence-electron chi connectivity index (χ1n) is 10.1. The molecule has 2 saturated heterocycles. The average molecular weight is 381 g/mol. The number of fused-ring (bicyclic) bond motifs is 1. The highest BCUT2D eigenvalue weighted by Crippen LogP contribution is 2.36. The van der Waals surface area contributed by atoms with Gasteiger partial charge in [0, 0.05) is 32.7 Å². The maximum atomic E-state index is 13.0. The normalized spacial score (nSPS) is 26.5. The summed E-state index contributed by atoms with van der Waals surface area (Å²) in [6.07, 6.45) is 5.14. The highest BCUT2D eigenvalue weighted by atomic mass is 16.2. The Morgan fingerprint density at radius 1 is 0.964 bits per heavy atom. The Hall–Kier alpha value is -2.47. The minimum atomic E-state index is -0.716. The smallest absolute Gasteiger partial charge is 0.245 e. The standard InChI is InChI=1S/C22H27N3O3/c1-16(25-21(27)18-9-5-6-10-19(18)22(25)28)20(26)24-13-11-23(12-14-24)15-17-7-3-2-4-8-17/h2-8,16,18-19H,9-15H2,1H3/t16-,18-,19-/m0/s1. The Morgan fingerprint density at radius 3 is 2.11 bits per heavy atom. The van der Waals surface area contributed by atoms with E-state index >= 15 is 0 Å². The van der Waals surface area contributed by atoms with Crippen LogP contribution in [0.3, 0.4) is 0 Å². The van der Waals surface area contributed by atoms with E-state index in [4.69, 9.17) is 0 Å². The zero-order chi connectivity index (χ0) is 19.7. The van der Waals surface area contributed by atoms with Crippen LogP contribution >= 0.6 is 0 Å². The van der Waals surface area contributed by atoms with Gasteiger partial charge in [-0.2, -0.15) is 0 Å². The topological polar surface area (TPSA) is 60.9 Å². The average Bonchev–Trinajstić information content (AvgIpc) is 2.99. The lowest BCUT2D eigenvalue weighted by molar-refractivity contribution is -0.151. The van der Waals surface area contributed by atoms with E-state index in [2.05, 4.69) is 17.0 Å². The lowest BCUT2D eigenvalue weighted by atomic mass is 9.85. The molecule has 1 aromatic carbocycles. The van der Waals surface area contributed by atoms with Crippen LogP contribution in [-0.4, -0.2) is 64.6 Å². The molecule has 148 valence electrons. The fourth-order valence-electron chi connectivity index (χ4n) is 4.55. The zero-order valence-corrected chi connectivity index (χ0v) is 16.3. The van der Waals surface area contributed by atoms with Gasteiger partial charge in [-0.05, 0) is 25.3 Å². The molecule has 3 amide bonds. The number of rotatable bonds is 4. The number of likely N-dealkylation sites (tertiary alicyclic amines) is 1. The van der Waals surface area contributed by atoms with Crippen molar-refractivity contribution in [2.75, 3.05) is 26.2 Å². The third-order valence-electron chi connectivity index (χ3n) is 6.22. The van der Waals surface area contributed by atoms with Crippen molar-refractivity contribution in [2.24, 2.45) is 11.8 Å². The molecule has 0 unspecified atom stereocenters. The maximum Gasteiger partial charge on any atom is 0.245 e. The lowest BCUT2D eigenvalue weighted by Crippen LogP contribution is -2.55. The number of amides is 3. The van der Waals surface area contributed by atoms with Gasteiger partial charge in [0.25, 0.3) is 0 Å². The van der Waals surface area contributed by atoms with E-state index in [0.717, 1.165) is 19.6 Å². The van der Waals surface area contributed by atoms with Gasteiger partial charge in [-0.1, -0.05) is 42.5 Å². The molecule has 0 aromatic heterocycles. The van der Waals surface area contributed by atoms with E-state index in [-0.39, 0.29) is 29.6 Å². The monoisotopic (exact) mass is 381 g/mol. The minimum Gasteiger partial charge on any atom is -0.338 e. The van der Waals surface area contributed by atoms with Crippen LogP contribution in [0.4, 0.5) is 0 Å². The van der Waals surface area contributed by atoms with Crippen LogP contribution in [-0.2, 0) is 20.9 Å².